The molecule has 1 saturated heterocycles. The van der Waals surface area contributed by atoms with Gasteiger partial charge in [-0.25, -0.2) is 0 Å². The van der Waals surface area contributed by atoms with Crippen molar-refractivity contribution in [2.45, 2.75) is 25.8 Å². The second-order valence-corrected chi connectivity index (χ2v) is 4.36. The molecule has 0 aromatic rings. The van der Waals surface area contributed by atoms with Crippen LogP contribution in [-0.4, -0.2) is 42.0 Å². The second kappa shape index (κ2) is 6.70. The maximum Gasteiger partial charge on any atom is 0.183 e. The van der Waals surface area contributed by atoms with Crippen LogP contribution in [-0.2, 0) is 0 Å². The fourth-order valence-corrected chi connectivity index (χ4v) is 2.18. The molecule has 1 aliphatic rings. The molecule has 0 amide bonds. The van der Waals surface area contributed by atoms with Crippen LogP contribution in [0.3, 0.4) is 0 Å². The van der Waals surface area contributed by atoms with Crippen molar-refractivity contribution < 1.29 is 0 Å². The van der Waals surface area contributed by atoms with Crippen LogP contribution >= 0.6 is 11.8 Å². The molecule has 1 rings (SSSR count). The quantitative estimate of drug-likeness (QED) is 0.333. The molecular weight excluding hydrogens is 208 g/mol. The first-order valence-electron chi connectivity index (χ1n) is 5.29. The van der Waals surface area contributed by atoms with Crippen molar-refractivity contribution in [2.24, 2.45) is 4.99 Å². The lowest BCUT2D eigenvalue weighted by Gasteiger charge is -2.29. The molecule has 5 heteroatoms. The molecule has 0 aromatic heterocycles. The number of amidine groups is 1. The van der Waals surface area contributed by atoms with Crippen LogP contribution in [0, 0.1) is 11.5 Å². The van der Waals surface area contributed by atoms with Crippen molar-refractivity contribution in [1.82, 2.24) is 10.2 Å². The van der Waals surface area contributed by atoms with E-state index in [0.29, 0.717) is 6.04 Å². The molecule has 1 aliphatic heterocycles. The van der Waals surface area contributed by atoms with E-state index < -0.39 is 0 Å². The lowest BCUT2D eigenvalue weighted by Crippen LogP contribution is -2.38. The Bertz CT molecular complexity index is 259. The van der Waals surface area contributed by atoms with E-state index in [9.17, 15) is 0 Å². The number of thioether (sulfide) groups is 1. The zero-order chi connectivity index (χ0) is 11.1. The highest BCUT2D eigenvalue weighted by Gasteiger charge is 2.18. The molecule has 4 nitrogen and oxygen atoms in total. The van der Waals surface area contributed by atoms with Gasteiger partial charge in [0.1, 0.15) is 0 Å². The molecular formula is C10H18N4S. The van der Waals surface area contributed by atoms with Crippen molar-refractivity contribution in [3.05, 3.63) is 0 Å². The average Bonchev–Trinajstić information content (AvgIpc) is 2.29. The van der Waals surface area contributed by atoms with E-state index in [4.69, 9.17) is 5.26 Å². The van der Waals surface area contributed by atoms with Gasteiger partial charge in [-0.05, 0) is 32.2 Å². The summed E-state index contributed by atoms with van der Waals surface area (Å²) in [5.74, 6) is 0. The Morgan fingerprint density at radius 3 is 3.13 bits per heavy atom. The van der Waals surface area contributed by atoms with E-state index in [1.165, 1.54) is 24.7 Å². The lowest BCUT2D eigenvalue weighted by atomic mass is 10.1. The monoisotopic (exact) mass is 226 g/mol. The summed E-state index contributed by atoms with van der Waals surface area (Å²) in [6.45, 7) is 5.47. The average molecular weight is 226 g/mol. The molecule has 0 spiro atoms. The van der Waals surface area contributed by atoms with Crippen LogP contribution in [0.1, 0.15) is 19.8 Å². The zero-order valence-corrected chi connectivity index (χ0v) is 10.2. The lowest BCUT2D eigenvalue weighted by molar-refractivity contribution is 0.220. The number of likely N-dealkylation sites (N-methyl/N-ethyl adjacent to an activating group) is 1. The normalized spacial score (nSPS) is 23.5. The summed E-state index contributed by atoms with van der Waals surface area (Å²) in [6, 6.07) is 0.349. The molecule has 1 unspecified atom stereocenters. The number of hydrogen-bond acceptors (Lipinski definition) is 4. The third kappa shape index (κ3) is 4.10. The summed E-state index contributed by atoms with van der Waals surface area (Å²) in [7, 11) is 0. The van der Waals surface area contributed by atoms with E-state index in [1.807, 2.05) is 12.4 Å². The number of piperidine rings is 1. The van der Waals surface area contributed by atoms with Crippen LogP contribution in [0.15, 0.2) is 4.99 Å². The third-order valence-corrected chi connectivity index (χ3v) is 3.18. The highest BCUT2D eigenvalue weighted by atomic mass is 32.2. The largest absolute Gasteiger partial charge is 0.301 e. The Kier molecular flexibility index (Phi) is 5.51. The van der Waals surface area contributed by atoms with E-state index >= 15 is 0 Å². The smallest absolute Gasteiger partial charge is 0.183 e. The number of aliphatic imine (C=N–C) groups is 1. The Balaban J connectivity index is 2.52. The fourth-order valence-electron chi connectivity index (χ4n) is 1.77. The molecule has 15 heavy (non-hydrogen) atoms. The maximum atomic E-state index is 8.53. The molecule has 0 radical (unpaired) electrons. The Morgan fingerprint density at radius 2 is 2.53 bits per heavy atom. The van der Waals surface area contributed by atoms with E-state index in [-0.39, 0.29) is 0 Å². The first-order valence-corrected chi connectivity index (χ1v) is 6.51. The van der Waals surface area contributed by atoms with Crippen molar-refractivity contribution in [1.29, 1.82) is 5.26 Å². The highest BCUT2D eigenvalue weighted by molar-refractivity contribution is 8.13. The standard InChI is InChI=1S/C10H18N4S/c1-3-14-6-4-5-9(7-14)13-10(15-2)12-8-11/h9H,3-7H2,1-2H3,(H,12,13). The molecule has 0 bridgehead atoms. The van der Waals surface area contributed by atoms with Crippen molar-refractivity contribution >= 4 is 16.9 Å². The molecule has 0 aromatic carbocycles. The van der Waals surface area contributed by atoms with Crippen molar-refractivity contribution in [3.63, 3.8) is 0 Å². The van der Waals surface area contributed by atoms with E-state index in [0.717, 1.165) is 24.7 Å². The van der Waals surface area contributed by atoms with Gasteiger partial charge in [0, 0.05) is 6.54 Å². The van der Waals surface area contributed by atoms with Crippen LogP contribution in [0.25, 0.3) is 0 Å². The van der Waals surface area contributed by atoms with E-state index in [1.54, 1.807) is 0 Å². The maximum absolute atomic E-state index is 8.53. The van der Waals surface area contributed by atoms with Gasteiger partial charge in [0.25, 0.3) is 0 Å². The summed E-state index contributed by atoms with van der Waals surface area (Å²) in [5.41, 5.74) is 0. The Morgan fingerprint density at radius 1 is 1.73 bits per heavy atom. The van der Waals surface area contributed by atoms with Crippen LogP contribution < -0.4 is 5.32 Å². The minimum Gasteiger partial charge on any atom is -0.301 e. The van der Waals surface area contributed by atoms with Crippen LogP contribution in [0.2, 0.25) is 0 Å². The zero-order valence-electron chi connectivity index (χ0n) is 9.36. The molecule has 1 atom stereocenters. The van der Waals surface area contributed by atoms with Gasteiger partial charge in [0.15, 0.2) is 11.4 Å². The van der Waals surface area contributed by atoms with Gasteiger partial charge in [0.05, 0.1) is 6.04 Å². The number of rotatable bonds is 2. The van der Waals surface area contributed by atoms with Gasteiger partial charge in [-0.1, -0.05) is 18.7 Å². The summed E-state index contributed by atoms with van der Waals surface area (Å²) < 4.78 is 0. The fraction of sp³-hybridized carbons (Fsp3) is 0.800. The molecule has 1 heterocycles. The van der Waals surface area contributed by atoms with Crippen LogP contribution in [0.4, 0.5) is 0 Å². The molecule has 0 saturated carbocycles. The van der Waals surface area contributed by atoms with Gasteiger partial charge >= 0.3 is 0 Å². The predicted molar refractivity (Wildman–Crippen MR) is 64.8 cm³/mol. The first kappa shape index (κ1) is 12.3. The predicted octanol–water partition coefficient (Wildman–Crippen LogP) is 1.26. The summed E-state index contributed by atoms with van der Waals surface area (Å²) in [4.78, 5) is 6.95. The van der Waals surface area contributed by atoms with Gasteiger partial charge in [0.2, 0.25) is 0 Å². The molecule has 84 valence electrons. The first-order chi connectivity index (χ1) is 7.30. The van der Waals surface area contributed by atoms with E-state index in [2.05, 4.69) is 22.1 Å². The second-order valence-electron chi connectivity index (χ2n) is 3.56. The highest BCUT2D eigenvalue weighted by Crippen LogP contribution is 2.13. The molecule has 1 fully saturated rings. The number of nitrogens with one attached hydrogen (secondary N) is 1. The van der Waals surface area contributed by atoms with Gasteiger partial charge in [-0.3, -0.25) is 10.3 Å². The van der Waals surface area contributed by atoms with Crippen molar-refractivity contribution in [2.75, 3.05) is 25.9 Å². The number of likely N-dealkylation sites (tertiary alicyclic amines) is 1. The SMILES string of the molecule is CCN1CCCC(N=C(NC#N)SC)C1. The molecule has 0 aliphatic carbocycles. The number of nitrogens with zero attached hydrogens (tertiary/aromatic N) is 3. The molecule has 1 N–H and O–H groups in total. The van der Waals surface area contributed by atoms with Gasteiger partial charge in [-0.15, -0.1) is 0 Å². The summed E-state index contributed by atoms with van der Waals surface area (Å²) >= 11 is 1.49. The number of nitriles is 1. The topological polar surface area (TPSA) is 51.4 Å². The minimum atomic E-state index is 0.349. The minimum absolute atomic E-state index is 0.349. The van der Waals surface area contributed by atoms with Crippen LogP contribution in [0.5, 0.6) is 0 Å². The Labute approximate surface area is 95.7 Å². The third-order valence-electron chi connectivity index (χ3n) is 2.58. The van der Waals surface area contributed by atoms with Gasteiger partial charge in [-0.2, -0.15) is 5.26 Å². The Hall–Kier alpha value is -0.730. The van der Waals surface area contributed by atoms with Gasteiger partial charge < -0.3 is 4.90 Å². The summed E-state index contributed by atoms with van der Waals surface area (Å²) in [5, 5.41) is 11.9. The number of hydrogen-bond donors (Lipinski definition) is 1. The summed E-state index contributed by atoms with van der Waals surface area (Å²) in [6.07, 6.45) is 6.19. The van der Waals surface area contributed by atoms with Crippen molar-refractivity contribution in [3.8, 4) is 6.19 Å².